The van der Waals surface area contributed by atoms with Crippen LogP contribution in [0.5, 0.6) is 5.75 Å². The van der Waals surface area contributed by atoms with E-state index in [1.165, 1.54) is 13.0 Å². The maximum absolute atomic E-state index is 12.1. The van der Waals surface area contributed by atoms with Crippen molar-refractivity contribution in [1.29, 1.82) is 0 Å². The maximum Gasteiger partial charge on any atom is 0.244 e. The summed E-state index contributed by atoms with van der Waals surface area (Å²) >= 11 is 0. The largest absolute Gasteiger partial charge is 0.486 e. The zero-order valence-corrected chi connectivity index (χ0v) is 13.8. The SMILES string of the molecule is CC(=O)COc1cccc(C(=O)CNC(=O)/C=C/c2cccnc2)c1. The number of pyridine rings is 1. The molecule has 0 aliphatic heterocycles. The molecule has 0 unspecified atom stereocenters. The lowest BCUT2D eigenvalue weighted by molar-refractivity contribution is -0.119. The highest BCUT2D eigenvalue weighted by Gasteiger charge is 2.08. The van der Waals surface area contributed by atoms with Gasteiger partial charge in [-0.15, -0.1) is 0 Å². The number of ketones is 2. The first-order chi connectivity index (χ1) is 12.0. The molecule has 25 heavy (non-hydrogen) atoms. The number of carbonyl (C=O) groups excluding carboxylic acids is 3. The predicted molar refractivity (Wildman–Crippen MR) is 93.2 cm³/mol. The van der Waals surface area contributed by atoms with E-state index < -0.39 is 0 Å². The molecule has 1 N–H and O–H groups in total. The molecule has 0 aliphatic carbocycles. The molecule has 1 aromatic carbocycles. The van der Waals surface area contributed by atoms with E-state index in [0.29, 0.717) is 11.3 Å². The minimum Gasteiger partial charge on any atom is -0.486 e. The zero-order valence-electron chi connectivity index (χ0n) is 13.8. The van der Waals surface area contributed by atoms with Gasteiger partial charge in [-0.2, -0.15) is 0 Å². The second-order valence-electron chi connectivity index (χ2n) is 5.28. The quantitative estimate of drug-likeness (QED) is 0.588. The smallest absolute Gasteiger partial charge is 0.244 e. The molecule has 0 radical (unpaired) electrons. The highest BCUT2D eigenvalue weighted by atomic mass is 16.5. The number of amides is 1. The molecule has 0 saturated heterocycles. The number of nitrogens with zero attached hydrogens (tertiary/aromatic N) is 1. The van der Waals surface area contributed by atoms with Crippen LogP contribution in [0, 0.1) is 0 Å². The second-order valence-corrected chi connectivity index (χ2v) is 5.28. The van der Waals surface area contributed by atoms with Gasteiger partial charge in [0.05, 0.1) is 6.54 Å². The Morgan fingerprint density at radius 2 is 2.04 bits per heavy atom. The van der Waals surface area contributed by atoms with Crippen LogP contribution in [0.25, 0.3) is 6.08 Å². The van der Waals surface area contributed by atoms with E-state index in [0.717, 1.165) is 5.56 Å². The fourth-order valence-corrected chi connectivity index (χ4v) is 1.92. The summed E-state index contributed by atoms with van der Waals surface area (Å²) in [6, 6.07) is 10.1. The van der Waals surface area contributed by atoms with Gasteiger partial charge >= 0.3 is 0 Å². The minimum absolute atomic E-state index is 0.0481. The fourth-order valence-electron chi connectivity index (χ4n) is 1.92. The number of carbonyl (C=O) groups is 3. The summed E-state index contributed by atoms with van der Waals surface area (Å²) < 4.78 is 5.27. The third kappa shape index (κ3) is 6.39. The molecule has 2 aromatic rings. The van der Waals surface area contributed by atoms with Gasteiger partial charge in [0.15, 0.2) is 11.6 Å². The normalized spacial score (nSPS) is 10.4. The molecule has 6 nitrogen and oxygen atoms in total. The molecular weight excluding hydrogens is 320 g/mol. The van der Waals surface area contributed by atoms with Crippen molar-refractivity contribution >= 4 is 23.5 Å². The summed E-state index contributed by atoms with van der Waals surface area (Å²) in [7, 11) is 0. The van der Waals surface area contributed by atoms with Gasteiger partial charge < -0.3 is 10.1 Å². The molecule has 0 bridgehead atoms. The molecule has 6 heteroatoms. The van der Waals surface area contributed by atoms with E-state index in [1.54, 1.807) is 48.8 Å². The van der Waals surface area contributed by atoms with Crippen molar-refractivity contribution in [2.75, 3.05) is 13.2 Å². The monoisotopic (exact) mass is 338 g/mol. The lowest BCUT2D eigenvalue weighted by Crippen LogP contribution is -2.28. The number of rotatable bonds is 8. The van der Waals surface area contributed by atoms with Gasteiger partial charge in [0.1, 0.15) is 12.4 Å². The predicted octanol–water partition coefficient (Wildman–Crippen LogP) is 2.06. The molecular formula is C19H18N2O4. The summed E-state index contributed by atoms with van der Waals surface area (Å²) in [5.74, 6) is -0.300. The summed E-state index contributed by atoms with van der Waals surface area (Å²) in [4.78, 5) is 38.8. The van der Waals surface area contributed by atoms with Crippen molar-refractivity contribution in [2.24, 2.45) is 0 Å². The molecule has 128 valence electrons. The Labute approximate surface area is 145 Å². The number of ether oxygens (including phenoxy) is 1. The van der Waals surface area contributed by atoms with E-state index in [2.05, 4.69) is 10.3 Å². The van der Waals surface area contributed by atoms with Crippen LogP contribution in [-0.2, 0) is 9.59 Å². The average Bonchev–Trinajstić information content (AvgIpc) is 2.63. The van der Waals surface area contributed by atoms with E-state index in [9.17, 15) is 14.4 Å². The Bertz CT molecular complexity index is 785. The molecule has 0 saturated carbocycles. The van der Waals surface area contributed by atoms with E-state index in [4.69, 9.17) is 4.74 Å². The van der Waals surface area contributed by atoms with Crippen molar-refractivity contribution in [2.45, 2.75) is 6.92 Å². The third-order valence-corrected chi connectivity index (χ3v) is 3.13. The van der Waals surface area contributed by atoms with Gasteiger partial charge in [-0.25, -0.2) is 0 Å². The molecule has 1 aromatic heterocycles. The van der Waals surface area contributed by atoms with Gasteiger partial charge in [0.2, 0.25) is 5.91 Å². The first-order valence-electron chi connectivity index (χ1n) is 7.66. The van der Waals surface area contributed by atoms with Crippen LogP contribution in [0.15, 0.2) is 54.9 Å². The Hall–Kier alpha value is -3.28. The summed E-state index contributed by atoms with van der Waals surface area (Å²) in [6.45, 7) is 1.24. The highest BCUT2D eigenvalue weighted by Crippen LogP contribution is 2.13. The Morgan fingerprint density at radius 1 is 1.20 bits per heavy atom. The van der Waals surface area contributed by atoms with E-state index in [1.807, 2.05) is 6.07 Å². The van der Waals surface area contributed by atoms with Crippen molar-refractivity contribution in [1.82, 2.24) is 10.3 Å². The van der Waals surface area contributed by atoms with Crippen molar-refractivity contribution in [3.63, 3.8) is 0 Å². The molecule has 0 spiro atoms. The Morgan fingerprint density at radius 3 is 2.76 bits per heavy atom. The van der Waals surface area contributed by atoms with Gasteiger partial charge in [-0.3, -0.25) is 19.4 Å². The molecule has 0 aliphatic rings. The summed E-state index contributed by atoms with van der Waals surface area (Å²) in [5, 5.41) is 2.53. The number of Topliss-reactive ketones (excluding diaryl/α,β-unsaturated/α-hetero) is 2. The van der Waals surface area contributed by atoms with E-state index >= 15 is 0 Å². The van der Waals surface area contributed by atoms with Gasteiger partial charge in [0, 0.05) is 24.0 Å². The molecule has 2 rings (SSSR count). The number of aromatic nitrogens is 1. The maximum atomic E-state index is 12.1. The van der Waals surface area contributed by atoms with Crippen LogP contribution >= 0.6 is 0 Å². The minimum atomic E-state index is -0.374. The number of nitrogens with one attached hydrogen (secondary N) is 1. The van der Waals surface area contributed by atoms with Crippen molar-refractivity contribution in [3.8, 4) is 5.75 Å². The lowest BCUT2D eigenvalue weighted by Gasteiger charge is -2.06. The van der Waals surface area contributed by atoms with Crippen LogP contribution in [0.4, 0.5) is 0 Å². The first kappa shape index (κ1) is 18.1. The third-order valence-electron chi connectivity index (χ3n) is 3.13. The van der Waals surface area contributed by atoms with Crippen molar-refractivity contribution in [3.05, 3.63) is 66.0 Å². The van der Waals surface area contributed by atoms with Crippen LogP contribution < -0.4 is 10.1 Å². The van der Waals surface area contributed by atoms with Crippen molar-refractivity contribution < 1.29 is 19.1 Å². The van der Waals surface area contributed by atoms with Crippen LogP contribution in [-0.4, -0.2) is 35.6 Å². The second kappa shape index (κ2) is 9.12. The molecule has 1 amide bonds. The van der Waals surface area contributed by atoms with Gasteiger partial charge in [-0.05, 0) is 36.8 Å². The average molecular weight is 338 g/mol. The van der Waals surface area contributed by atoms with E-state index in [-0.39, 0.29) is 30.6 Å². The topological polar surface area (TPSA) is 85.4 Å². The first-order valence-corrected chi connectivity index (χ1v) is 7.66. The number of hydrogen-bond acceptors (Lipinski definition) is 5. The zero-order chi connectivity index (χ0) is 18.1. The Balaban J connectivity index is 1.87. The van der Waals surface area contributed by atoms with Gasteiger partial charge in [0.25, 0.3) is 0 Å². The van der Waals surface area contributed by atoms with Crippen LogP contribution in [0.3, 0.4) is 0 Å². The number of hydrogen-bond donors (Lipinski definition) is 1. The van der Waals surface area contributed by atoms with Gasteiger partial charge in [-0.1, -0.05) is 18.2 Å². The van der Waals surface area contributed by atoms with Crippen LogP contribution in [0.2, 0.25) is 0 Å². The van der Waals surface area contributed by atoms with Crippen LogP contribution in [0.1, 0.15) is 22.8 Å². The molecule has 0 fully saturated rings. The Kier molecular flexibility index (Phi) is 6.59. The highest BCUT2D eigenvalue weighted by molar-refractivity contribution is 6.01. The standard InChI is InChI=1S/C19H18N2O4/c1-14(22)13-25-17-6-2-5-16(10-17)18(23)12-21-19(24)8-7-15-4-3-9-20-11-15/h2-11H,12-13H2,1H3,(H,21,24)/b8-7+. The lowest BCUT2D eigenvalue weighted by atomic mass is 10.1. The fraction of sp³-hybridized carbons (Fsp3) is 0.158. The molecule has 1 heterocycles. The summed E-state index contributed by atoms with van der Waals surface area (Å²) in [5.41, 5.74) is 1.19. The number of benzene rings is 1. The molecule has 0 atom stereocenters. The summed E-state index contributed by atoms with van der Waals surface area (Å²) in [6.07, 6.45) is 6.23.